The number of hydrogen-bond donors (Lipinski definition) is 2. The molecule has 0 spiro atoms. The molecule has 0 saturated heterocycles. The lowest BCUT2D eigenvalue weighted by Gasteiger charge is -2.08. The van der Waals surface area contributed by atoms with E-state index in [0.29, 0.717) is 12.1 Å². The van der Waals surface area contributed by atoms with Crippen molar-refractivity contribution in [1.82, 2.24) is 15.1 Å². The lowest BCUT2D eigenvalue weighted by molar-refractivity contribution is -0.150. The smallest absolute Gasteiger partial charge is 0.338 e. The van der Waals surface area contributed by atoms with Crippen LogP contribution in [0.5, 0.6) is 0 Å². The average molecular weight is 290 g/mol. The van der Waals surface area contributed by atoms with Crippen LogP contribution in [0.25, 0.3) is 0 Å². The van der Waals surface area contributed by atoms with Gasteiger partial charge in [0.1, 0.15) is 0 Å². The molecule has 2 N–H and O–H groups in total. The summed E-state index contributed by atoms with van der Waals surface area (Å²) in [4.78, 5) is 11.6. The molecule has 2 atom stereocenters. The molecule has 112 valence electrons. The van der Waals surface area contributed by atoms with E-state index in [4.69, 9.17) is 0 Å². The van der Waals surface area contributed by atoms with Crippen molar-refractivity contribution in [3.05, 3.63) is 11.9 Å². The van der Waals surface area contributed by atoms with E-state index in [-0.39, 0.29) is 13.0 Å². The normalized spacial score (nSPS) is 21.6. The molecular weight excluding hydrogens is 273 g/mol. The van der Waals surface area contributed by atoms with Gasteiger partial charge in [-0.2, -0.15) is 18.3 Å². The minimum atomic E-state index is -4.15. The van der Waals surface area contributed by atoms with Gasteiger partial charge in [-0.3, -0.25) is 4.68 Å². The van der Waals surface area contributed by atoms with E-state index in [9.17, 15) is 18.0 Å². The Morgan fingerprint density at radius 1 is 1.55 bits per heavy atom. The first kappa shape index (κ1) is 14.7. The summed E-state index contributed by atoms with van der Waals surface area (Å²) in [6, 6.07) is -0.500. The minimum Gasteiger partial charge on any atom is -0.338 e. The summed E-state index contributed by atoms with van der Waals surface area (Å²) in [6.45, 7) is 1.95. The van der Waals surface area contributed by atoms with E-state index in [0.717, 1.165) is 5.69 Å². The molecule has 5 nitrogen and oxygen atoms in total. The van der Waals surface area contributed by atoms with Gasteiger partial charge in [0.15, 0.2) is 0 Å². The molecule has 0 unspecified atom stereocenters. The van der Waals surface area contributed by atoms with Crippen molar-refractivity contribution < 1.29 is 18.0 Å². The third-order valence-electron chi connectivity index (χ3n) is 3.36. The van der Waals surface area contributed by atoms with Crippen LogP contribution < -0.4 is 10.6 Å². The molecule has 1 heterocycles. The van der Waals surface area contributed by atoms with Gasteiger partial charge < -0.3 is 10.6 Å². The molecule has 0 aliphatic heterocycles. The predicted octanol–water partition coefficient (Wildman–Crippen LogP) is 2.30. The molecule has 1 aromatic heterocycles. The van der Waals surface area contributed by atoms with Crippen LogP contribution in [0, 0.1) is 11.8 Å². The molecule has 1 fully saturated rings. The van der Waals surface area contributed by atoms with Crippen LogP contribution in [0.4, 0.5) is 23.7 Å². The molecule has 1 aromatic rings. The van der Waals surface area contributed by atoms with Crippen LogP contribution in [-0.2, 0) is 13.5 Å². The maximum Gasteiger partial charge on any atom is 0.392 e. The minimum absolute atomic E-state index is 0.0394. The van der Waals surface area contributed by atoms with Gasteiger partial charge in [-0.05, 0) is 18.8 Å². The van der Waals surface area contributed by atoms with E-state index in [1.54, 1.807) is 17.9 Å². The van der Waals surface area contributed by atoms with Gasteiger partial charge in [-0.1, -0.05) is 6.92 Å². The highest BCUT2D eigenvalue weighted by atomic mass is 19.4. The van der Waals surface area contributed by atoms with Crippen LogP contribution >= 0.6 is 0 Å². The number of carbonyl (C=O) groups is 1. The van der Waals surface area contributed by atoms with Crippen LogP contribution in [0.3, 0.4) is 0 Å². The lowest BCUT2D eigenvalue weighted by Crippen LogP contribution is -2.31. The monoisotopic (exact) mass is 290 g/mol. The fraction of sp³-hybridized carbons (Fsp3) is 0.667. The van der Waals surface area contributed by atoms with Gasteiger partial charge in [-0.25, -0.2) is 4.79 Å². The van der Waals surface area contributed by atoms with Crippen molar-refractivity contribution in [2.24, 2.45) is 18.9 Å². The number of hydrogen-bond acceptors (Lipinski definition) is 2. The van der Waals surface area contributed by atoms with Gasteiger partial charge >= 0.3 is 12.2 Å². The first-order valence-corrected chi connectivity index (χ1v) is 6.45. The SMILES string of the molecule is CCc1nn(C)cc1NC(=O)NC[C@H]1C[C@@H]1C(F)(F)F. The second-order valence-corrected chi connectivity index (χ2v) is 5.00. The summed E-state index contributed by atoms with van der Waals surface area (Å²) in [5.74, 6) is -1.77. The first-order valence-electron chi connectivity index (χ1n) is 6.45. The molecule has 1 aliphatic carbocycles. The third-order valence-corrected chi connectivity index (χ3v) is 3.36. The van der Waals surface area contributed by atoms with Crippen molar-refractivity contribution in [3.63, 3.8) is 0 Å². The Bertz CT molecular complexity index is 497. The van der Waals surface area contributed by atoms with Gasteiger partial charge in [0.2, 0.25) is 0 Å². The van der Waals surface area contributed by atoms with Gasteiger partial charge in [0.05, 0.1) is 17.3 Å². The summed E-state index contributed by atoms with van der Waals surface area (Å²) in [7, 11) is 1.74. The van der Waals surface area contributed by atoms with Crippen molar-refractivity contribution >= 4 is 11.7 Å². The second-order valence-electron chi connectivity index (χ2n) is 5.00. The van der Waals surface area contributed by atoms with Crippen molar-refractivity contribution in [1.29, 1.82) is 0 Å². The summed E-state index contributed by atoms with van der Waals surface area (Å²) in [6.07, 6.45) is -1.73. The number of rotatable bonds is 4. The number of nitrogens with one attached hydrogen (secondary N) is 2. The number of anilines is 1. The number of carbonyl (C=O) groups excluding carboxylic acids is 1. The van der Waals surface area contributed by atoms with Crippen LogP contribution in [0.2, 0.25) is 0 Å². The van der Waals surface area contributed by atoms with Crippen LogP contribution in [0.1, 0.15) is 19.0 Å². The fourth-order valence-electron chi connectivity index (χ4n) is 2.16. The van der Waals surface area contributed by atoms with Crippen LogP contribution in [0.15, 0.2) is 6.20 Å². The summed E-state index contributed by atoms with van der Waals surface area (Å²) in [5.41, 5.74) is 1.32. The molecule has 0 aromatic carbocycles. The molecule has 0 bridgehead atoms. The highest BCUT2D eigenvalue weighted by Gasteiger charge is 2.55. The number of urea groups is 1. The zero-order chi connectivity index (χ0) is 14.9. The Hall–Kier alpha value is -1.73. The summed E-state index contributed by atoms with van der Waals surface area (Å²) in [5, 5.41) is 9.23. The molecule has 2 rings (SSSR count). The topological polar surface area (TPSA) is 59.0 Å². The highest BCUT2D eigenvalue weighted by molar-refractivity contribution is 5.89. The zero-order valence-electron chi connectivity index (χ0n) is 11.3. The largest absolute Gasteiger partial charge is 0.392 e. The Labute approximate surface area is 114 Å². The quantitative estimate of drug-likeness (QED) is 0.894. The van der Waals surface area contributed by atoms with Crippen molar-refractivity contribution in [3.8, 4) is 0 Å². The third kappa shape index (κ3) is 3.43. The number of nitrogens with zero attached hydrogens (tertiary/aromatic N) is 2. The van der Waals surface area contributed by atoms with E-state index in [2.05, 4.69) is 15.7 Å². The van der Waals surface area contributed by atoms with Gasteiger partial charge in [0.25, 0.3) is 0 Å². The highest BCUT2D eigenvalue weighted by Crippen LogP contribution is 2.49. The Morgan fingerprint density at radius 3 is 2.80 bits per heavy atom. The van der Waals surface area contributed by atoms with Gasteiger partial charge in [-0.15, -0.1) is 0 Å². The summed E-state index contributed by atoms with van der Waals surface area (Å²) >= 11 is 0. The Morgan fingerprint density at radius 2 is 2.25 bits per heavy atom. The van der Waals surface area contributed by atoms with Crippen LogP contribution in [-0.4, -0.2) is 28.5 Å². The molecule has 0 radical (unpaired) electrons. The first-order chi connectivity index (χ1) is 9.31. The maximum absolute atomic E-state index is 12.3. The fourth-order valence-corrected chi connectivity index (χ4v) is 2.16. The zero-order valence-corrected chi connectivity index (χ0v) is 11.3. The standard InChI is InChI=1S/C12H17F3N4O/c1-3-9-10(6-19(2)18-9)17-11(20)16-5-7-4-8(7)12(13,14)15/h6-8H,3-5H2,1-2H3,(H2,16,17,20)/t7-,8+/m1/s1. The number of halogens is 3. The van der Waals surface area contributed by atoms with E-state index in [1.165, 1.54) is 0 Å². The lowest BCUT2D eigenvalue weighted by atomic mass is 10.3. The van der Waals surface area contributed by atoms with E-state index in [1.807, 2.05) is 6.92 Å². The number of aryl methyl sites for hydroxylation is 2. The van der Waals surface area contributed by atoms with Crippen molar-refractivity contribution in [2.45, 2.75) is 25.9 Å². The molecule has 2 amide bonds. The molecule has 1 aliphatic rings. The Balaban J connectivity index is 1.79. The average Bonchev–Trinajstić information content (AvgIpc) is 3.05. The van der Waals surface area contributed by atoms with Crippen molar-refractivity contribution in [2.75, 3.05) is 11.9 Å². The number of alkyl halides is 3. The molecule has 20 heavy (non-hydrogen) atoms. The van der Waals surface area contributed by atoms with E-state index >= 15 is 0 Å². The maximum atomic E-state index is 12.3. The predicted molar refractivity (Wildman–Crippen MR) is 67.3 cm³/mol. The summed E-state index contributed by atoms with van der Waals surface area (Å²) < 4.78 is 38.6. The Kier molecular flexibility index (Phi) is 3.92. The second kappa shape index (κ2) is 5.34. The molecule has 1 saturated carbocycles. The number of amides is 2. The molecule has 8 heteroatoms. The van der Waals surface area contributed by atoms with Gasteiger partial charge in [0, 0.05) is 19.8 Å². The number of aromatic nitrogens is 2. The van der Waals surface area contributed by atoms with E-state index < -0.39 is 24.0 Å². The molecular formula is C12H17F3N4O.